The van der Waals surface area contributed by atoms with Crippen LogP contribution in [0.3, 0.4) is 0 Å². The largest absolute Gasteiger partial charge is 0.466 e. The van der Waals surface area contributed by atoms with Gasteiger partial charge in [0.1, 0.15) is 0 Å². The minimum absolute atomic E-state index is 0.102. The van der Waals surface area contributed by atoms with E-state index in [0.717, 1.165) is 6.20 Å². The Morgan fingerprint density at radius 2 is 1.97 bits per heavy atom. The summed E-state index contributed by atoms with van der Waals surface area (Å²) in [5.41, 5.74) is -1.59. The number of hydrogen-bond donors (Lipinski definition) is 0. The maximum atomic E-state index is 13.8. The summed E-state index contributed by atoms with van der Waals surface area (Å²) >= 11 is 5.88. The summed E-state index contributed by atoms with van der Waals surface area (Å²) in [6.07, 6.45) is -3.20. The van der Waals surface area contributed by atoms with Crippen molar-refractivity contribution in [3.05, 3.63) is 46.7 Å². The number of amides is 1. The molecule has 0 radical (unpaired) electrons. The number of ether oxygens (including phenoxy) is 1. The standard InChI is InChI=1S/C19H19ClF3N3O3/c1-2-29-18(28)12-6-8-25(9-7-12)17(27)15-11-24-26(16(15)19(21,22)23)14-5-3-4-13(20)10-14/h3-5,10-12H,2,6-9H2,1H3. The molecule has 0 saturated carbocycles. The lowest BCUT2D eigenvalue weighted by molar-refractivity contribution is -0.149. The molecule has 1 aromatic heterocycles. The van der Waals surface area contributed by atoms with Crippen LogP contribution in [-0.4, -0.2) is 46.3 Å². The van der Waals surface area contributed by atoms with E-state index in [4.69, 9.17) is 16.3 Å². The van der Waals surface area contributed by atoms with Crippen molar-refractivity contribution >= 4 is 23.5 Å². The van der Waals surface area contributed by atoms with Gasteiger partial charge in [-0.25, -0.2) is 4.68 Å². The van der Waals surface area contributed by atoms with E-state index in [1.807, 2.05) is 0 Å². The van der Waals surface area contributed by atoms with Crippen LogP contribution in [-0.2, 0) is 15.7 Å². The highest BCUT2D eigenvalue weighted by molar-refractivity contribution is 6.30. The molecule has 1 aromatic carbocycles. The molecule has 1 aliphatic heterocycles. The SMILES string of the molecule is CCOC(=O)C1CCN(C(=O)c2cnn(-c3cccc(Cl)c3)c2C(F)(F)F)CC1. The van der Waals surface area contributed by atoms with Crippen LogP contribution in [0.2, 0.25) is 5.02 Å². The molecule has 1 aliphatic rings. The predicted octanol–water partition coefficient (Wildman–Crippen LogP) is 3.96. The summed E-state index contributed by atoms with van der Waals surface area (Å²) < 4.78 is 47.0. The van der Waals surface area contributed by atoms with Crippen molar-refractivity contribution in [1.29, 1.82) is 0 Å². The Bertz CT molecular complexity index is 906. The van der Waals surface area contributed by atoms with E-state index < -0.39 is 23.3 Å². The second-order valence-corrected chi connectivity index (χ2v) is 7.05. The monoisotopic (exact) mass is 429 g/mol. The molecule has 1 fully saturated rings. The lowest BCUT2D eigenvalue weighted by Crippen LogP contribution is -2.41. The van der Waals surface area contributed by atoms with Crippen molar-refractivity contribution in [2.75, 3.05) is 19.7 Å². The van der Waals surface area contributed by atoms with Crippen LogP contribution >= 0.6 is 11.6 Å². The minimum atomic E-state index is -4.80. The summed E-state index contributed by atoms with van der Waals surface area (Å²) in [4.78, 5) is 25.9. The molecule has 1 amide bonds. The Labute approximate surface area is 170 Å². The summed E-state index contributed by atoms with van der Waals surface area (Å²) in [5, 5.41) is 4.04. The zero-order valence-electron chi connectivity index (χ0n) is 15.6. The van der Waals surface area contributed by atoms with Crippen molar-refractivity contribution in [2.24, 2.45) is 5.92 Å². The molecule has 29 heavy (non-hydrogen) atoms. The molecule has 0 bridgehead atoms. The molecule has 2 heterocycles. The van der Waals surface area contributed by atoms with Crippen LogP contribution in [0, 0.1) is 5.92 Å². The van der Waals surface area contributed by atoms with Gasteiger partial charge in [-0.15, -0.1) is 0 Å². The minimum Gasteiger partial charge on any atom is -0.466 e. The molecule has 1 saturated heterocycles. The lowest BCUT2D eigenvalue weighted by atomic mass is 9.96. The van der Waals surface area contributed by atoms with Crippen molar-refractivity contribution < 1.29 is 27.5 Å². The highest BCUT2D eigenvalue weighted by atomic mass is 35.5. The van der Waals surface area contributed by atoms with Gasteiger partial charge in [0, 0.05) is 18.1 Å². The molecule has 10 heteroatoms. The van der Waals surface area contributed by atoms with Gasteiger partial charge in [0.2, 0.25) is 0 Å². The third-order valence-corrected chi connectivity index (χ3v) is 4.96. The van der Waals surface area contributed by atoms with Crippen molar-refractivity contribution in [1.82, 2.24) is 14.7 Å². The fourth-order valence-corrected chi connectivity index (χ4v) is 3.51. The Kier molecular flexibility index (Phi) is 6.16. The molecule has 0 aliphatic carbocycles. The van der Waals surface area contributed by atoms with Gasteiger partial charge in [-0.1, -0.05) is 17.7 Å². The first kappa shape index (κ1) is 21.2. The van der Waals surface area contributed by atoms with E-state index in [1.165, 1.54) is 29.2 Å². The van der Waals surface area contributed by atoms with Gasteiger partial charge in [0.05, 0.1) is 30.0 Å². The Hall–Kier alpha value is -2.55. The highest BCUT2D eigenvalue weighted by Gasteiger charge is 2.42. The van der Waals surface area contributed by atoms with Gasteiger partial charge in [-0.3, -0.25) is 9.59 Å². The van der Waals surface area contributed by atoms with Crippen LogP contribution in [0.5, 0.6) is 0 Å². The molecule has 0 N–H and O–H groups in total. The van der Waals surface area contributed by atoms with E-state index in [1.54, 1.807) is 6.92 Å². The summed E-state index contributed by atoms with van der Waals surface area (Å²) in [6.45, 7) is 2.30. The Morgan fingerprint density at radius 1 is 1.28 bits per heavy atom. The predicted molar refractivity (Wildman–Crippen MR) is 98.8 cm³/mol. The van der Waals surface area contributed by atoms with E-state index in [0.29, 0.717) is 17.5 Å². The van der Waals surface area contributed by atoms with Crippen LogP contribution < -0.4 is 0 Å². The van der Waals surface area contributed by atoms with Crippen LogP contribution in [0.4, 0.5) is 13.2 Å². The zero-order chi connectivity index (χ0) is 21.2. The summed E-state index contributed by atoms with van der Waals surface area (Å²) in [5.74, 6) is -1.47. The van der Waals surface area contributed by atoms with Crippen molar-refractivity contribution in [3.63, 3.8) is 0 Å². The van der Waals surface area contributed by atoms with Crippen molar-refractivity contribution in [3.8, 4) is 5.69 Å². The average Bonchev–Trinajstić information content (AvgIpc) is 3.13. The van der Waals surface area contributed by atoms with Gasteiger partial charge in [0.15, 0.2) is 5.69 Å². The number of aromatic nitrogens is 2. The number of carbonyl (C=O) groups excluding carboxylic acids is 2. The number of benzene rings is 1. The van der Waals surface area contributed by atoms with Crippen LogP contribution in [0.25, 0.3) is 5.69 Å². The maximum Gasteiger partial charge on any atom is 0.434 e. The molecule has 2 aromatic rings. The third-order valence-electron chi connectivity index (χ3n) is 4.72. The number of nitrogens with zero attached hydrogens (tertiary/aromatic N) is 3. The quantitative estimate of drug-likeness (QED) is 0.690. The molecule has 6 nitrogen and oxygen atoms in total. The fraction of sp³-hybridized carbons (Fsp3) is 0.421. The first-order valence-electron chi connectivity index (χ1n) is 9.09. The molecule has 0 unspecified atom stereocenters. The van der Waals surface area contributed by atoms with Crippen LogP contribution in [0.15, 0.2) is 30.5 Å². The van der Waals surface area contributed by atoms with Crippen LogP contribution in [0.1, 0.15) is 35.8 Å². The van der Waals surface area contributed by atoms with Gasteiger partial charge < -0.3 is 9.64 Å². The number of piperidine rings is 1. The number of halogens is 4. The number of rotatable bonds is 4. The number of likely N-dealkylation sites (tertiary alicyclic amines) is 1. The first-order chi connectivity index (χ1) is 13.7. The molecular weight excluding hydrogens is 411 g/mol. The Balaban J connectivity index is 1.86. The van der Waals surface area contributed by atoms with Gasteiger partial charge in [0.25, 0.3) is 5.91 Å². The second-order valence-electron chi connectivity index (χ2n) is 6.61. The van der Waals surface area contributed by atoms with Gasteiger partial charge in [-0.2, -0.15) is 18.3 Å². The zero-order valence-corrected chi connectivity index (χ0v) is 16.3. The lowest BCUT2D eigenvalue weighted by Gasteiger charge is -2.31. The maximum absolute atomic E-state index is 13.8. The smallest absolute Gasteiger partial charge is 0.434 e. The van der Waals surface area contributed by atoms with Gasteiger partial charge >= 0.3 is 12.1 Å². The molecular formula is C19H19ClF3N3O3. The number of carbonyl (C=O) groups is 2. The number of alkyl halides is 3. The van der Waals surface area contributed by atoms with E-state index in [9.17, 15) is 22.8 Å². The first-order valence-corrected chi connectivity index (χ1v) is 9.47. The average molecular weight is 430 g/mol. The Morgan fingerprint density at radius 3 is 2.55 bits per heavy atom. The molecule has 0 atom stereocenters. The highest BCUT2D eigenvalue weighted by Crippen LogP contribution is 2.35. The second kappa shape index (κ2) is 8.44. The van der Waals surface area contributed by atoms with Crippen molar-refractivity contribution in [2.45, 2.75) is 25.9 Å². The van der Waals surface area contributed by atoms with E-state index in [-0.39, 0.29) is 42.3 Å². The molecule has 0 spiro atoms. The number of hydrogen-bond acceptors (Lipinski definition) is 4. The van der Waals surface area contributed by atoms with Gasteiger partial charge in [-0.05, 0) is 38.0 Å². The molecule has 156 valence electrons. The summed E-state index contributed by atoms with van der Waals surface area (Å²) in [7, 11) is 0. The van der Waals surface area contributed by atoms with E-state index in [2.05, 4.69) is 5.10 Å². The normalized spacial score (nSPS) is 15.4. The summed E-state index contributed by atoms with van der Waals surface area (Å²) in [6, 6.07) is 5.79. The molecule has 3 rings (SSSR count). The third kappa shape index (κ3) is 4.55. The fourth-order valence-electron chi connectivity index (χ4n) is 3.33. The van der Waals surface area contributed by atoms with E-state index >= 15 is 0 Å². The topological polar surface area (TPSA) is 64.4 Å². The number of esters is 1.